The van der Waals surface area contributed by atoms with E-state index in [0.717, 1.165) is 10.9 Å². The number of anilines is 1. The van der Waals surface area contributed by atoms with Crippen LogP contribution in [0.2, 0.25) is 0 Å². The van der Waals surface area contributed by atoms with E-state index in [2.05, 4.69) is 24.1 Å². The zero-order chi connectivity index (χ0) is 15.0. The normalized spacial score (nSPS) is 16.3. The van der Waals surface area contributed by atoms with Crippen molar-refractivity contribution in [3.05, 3.63) is 30.0 Å². The molecular formula is C17H22N2O2. The SMILES string of the molecule is CN(c1ccc2c(c1)cc(C(=O)O)n2C)C1CCCCC1. The van der Waals surface area contributed by atoms with E-state index in [4.69, 9.17) is 0 Å². The van der Waals surface area contributed by atoms with Crippen molar-refractivity contribution in [1.82, 2.24) is 4.57 Å². The Morgan fingerprint density at radius 1 is 1.24 bits per heavy atom. The molecule has 0 radical (unpaired) electrons. The molecule has 4 heteroatoms. The summed E-state index contributed by atoms with van der Waals surface area (Å²) >= 11 is 0. The van der Waals surface area contributed by atoms with E-state index in [-0.39, 0.29) is 0 Å². The summed E-state index contributed by atoms with van der Waals surface area (Å²) < 4.78 is 1.74. The van der Waals surface area contributed by atoms with Crippen LogP contribution < -0.4 is 4.90 Å². The summed E-state index contributed by atoms with van der Waals surface area (Å²) in [5.74, 6) is -0.879. The van der Waals surface area contributed by atoms with Crippen LogP contribution in [-0.4, -0.2) is 28.7 Å². The van der Waals surface area contributed by atoms with Gasteiger partial charge in [-0.15, -0.1) is 0 Å². The van der Waals surface area contributed by atoms with Crippen molar-refractivity contribution in [3.63, 3.8) is 0 Å². The van der Waals surface area contributed by atoms with Crippen molar-refractivity contribution >= 4 is 22.6 Å². The maximum Gasteiger partial charge on any atom is 0.352 e. The summed E-state index contributed by atoms with van der Waals surface area (Å²) in [6.07, 6.45) is 6.48. The highest BCUT2D eigenvalue weighted by molar-refractivity contribution is 5.95. The van der Waals surface area contributed by atoms with Gasteiger partial charge in [0.1, 0.15) is 5.69 Å². The molecule has 1 N–H and O–H groups in total. The van der Waals surface area contributed by atoms with Gasteiger partial charge < -0.3 is 14.6 Å². The molecule has 4 nitrogen and oxygen atoms in total. The highest BCUT2D eigenvalue weighted by atomic mass is 16.4. The fourth-order valence-electron chi connectivity index (χ4n) is 3.44. The lowest BCUT2D eigenvalue weighted by Crippen LogP contribution is -2.33. The molecule has 0 atom stereocenters. The van der Waals surface area contributed by atoms with Gasteiger partial charge in [-0.05, 0) is 37.1 Å². The van der Waals surface area contributed by atoms with E-state index < -0.39 is 5.97 Å². The molecule has 0 saturated heterocycles. The van der Waals surface area contributed by atoms with Crippen LogP contribution in [0.15, 0.2) is 24.3 Å². The molecule has 1 aliphatic carbocycles. The summed E-state index contributed by atoms with van der Waals surface area (Å²) in [5, 5.41) is 10.2. The number of aromatic nitrogens is 1. The first kappa shape index (κ1) is 14.0. The third kappa shape index (κ3) is 2.50. The Labute approximate surface area is 125 Å². The predicted octanol–water partition coefficient (Wildman–Crippen LogP) is 3.65. The summed E-state index contributed by atoms with van der Waals surface area (Å²) in [7, 11) is 3.95. The van der Waals surface area contributed by atoms with Crippen molar-refractivity contribution < 1.29 is 9.90 Å². The van der Waals surface area contributed by atoms with Crippen LogP contribution in [0.3, 0.4) is 0 Å². The maximum absolute atomic E-state index is 11.2. The van der Waals surface area contributed by atoms with Crippen molar-refractivity contribution in [2.45, 2.75) is 38.1 Å². The Kier molecular flexibility index (Phi) is 3.62. The van der Waals surface area contributed by atoms with E-state index in [1.54, 1.807) is 17.7 Å². The molecule has 1 aliphatic rings. The van der Waals surface area contributed by atoms with E-state index >= 15 is 0 Å². The lowest BCUT2D eigenvalue weighted by atomic mass is 9.94. The van der Waals surface area contributed by atoms with Crippen LogP contribution in [0.1, 0.15) is 42.6 Å². The molecule has 0 unspecified atom stereocenters. The topological polar surface area (TPSA) is 45.5 Å². The number of carboxylic acids is 1. The number of aryl methyl sites for hydroxylation is 1. The number of fused-ring (bicyclic) bond motifs is 1. The second-order valence-electron chi connectivity index (χ2n) is 6.04. The molecule has 1 heterocycles. The Balaban J connectivity index is 1.95. The molecule has 112 valence electrons. The smallest absolute Gasteiger partial charge is 0.352 e. The van der Waals surface area contributed by atoms with Crippen molar-refractivity contribution in [3.8, 4) is 0 Å². The predicted molar refractivity (Wildman–Crippen MR) is 85.2 cm³/mol. The molecule has 2 aromatic rings. The van der Waals surface area contributed by atoms with Crippen LogP contribution >= 0.6 is 0 Å². The van der Waals surface area contributed by atoms with Gasteiger partial charge in [0.25, 0.3) is 0 Å². The van der Waals surface area contributed by atoms with Gasteiger partial charge in [-0.3, -0.25) is 0 Å². The van der Waals surface area contributed by atoms with E-state index in [0.29, 0.717) is 11.7 Å². The maximum atomic E-state index is 11.2. The Morgan fingerprint density at radius 2 is 1.95 bits per heavy atom. The molecule has 0 spiro atoms. The molecule has 3 rings (SSSR count). The number of nitrogens with zero attached hydrogens (tertiary/aromatic N) is 2. The van der Waals surface area contributed by atoms with Crippen molar-refractivity contribution in [2.24, 2.45) is 7.05 Å². The third-order valence-electron chi connectivity index (χ3n) is 4.77. The lowest BCUT2D eigenvalue weighted by molar-refractivity contribution is 0.0687. The van der Waals surface area contributed by atoms with Crippen LogP contribution in [0.4, 0.5) is 5.69 Å². The quantitative estimate of drug-likeness (QED) is 0.937. The highest BCUT2D eigenvalue weighted by Crippen LogP contribution is 2.29. The van der Waals surface area contributed by atoms with Gasteiger partial charge in [0.15, 0.2) is 0 Å². The molecule has 1 aromatic heterocycles. The fraction of sp³-hybridized carbons (Fsp3) is 0.471. The number of aromatic carboxylic acids is 1. The Bertz CT molecular complexity index is 669. The van der Waals surface area contributed by atoms with E-state index in [1.165, 1.54) is 37.8 Å². The molecule has 0 aliphatic heterocycles. The highest BCUT2D eigenvalue weighted by Gasteiger charge is 2.19. The summed E-state index contributed by atoms with van der Waals surface area (Å²) in [5.41, 5.74) is 2.48. The van der Waals surface area contributed by atoms with Crippen molar-refractivity contribution in [1.29, 1.82) is 0 Å². The number of carbonyl (C=O) groups is 1. The Morgan fingerprint density at radius 3 is 2.62 bits per heavy atom. The van der Waals surface area contributed by atoms with Crippen LogP contribution in [0.5, 0.6) is 0 Å². The van der Waals surface area contributed by atoms with Gasteiger partial charge in [0, 0.05) is 36.7 Å². The van der Waals surface area contributed by atoms with Gasteiger partial charge >= 0.3 is 5.97 Å². The van der Waals surface area contributed by atoms with Gasteiger partial charge in [0.05, 0.1) is 0 Å². The molecule has 1 fully saturated rings. The largest absolute Gasteiger partial charge is 0.477 e. The minimum atomic E-state index is -0.879. The molecule has 1 saturated carbocycles. The molecular weight excluding hydrogens is 264 g/mol. The monoisotopic (exact) mass is 286 g/mol. The van der Waals surface area contributed by atoms with Gasteiger partial charge in [-0.2, -0.15) is 0 Å². The number of carboxylic acid groups (broad SMARTS) is 1. The minimum Gasteiger partial charge on any atom is -0.477 e. The minimum absolute atomic E-state index is 0.336. The number of benzene rings is 1. The first-order valence-electron chi connectivity index (χ1n) is 7.63. The number of hydrogen-bond acceptors (Lipinski definition) is 2. The second-order valence-corrected chi connectivity index (χ2v) is 6.04. The number of hydrogen-bond donors (Lipinski definition) is 1. The van der Waals surface area contributed by atoms with Crippen LogP contribution in [0.25, 0.3) is 10.9 Å². The Hall–Kier alpha value is -1.97. The first-order valence-corrected chi connectivity index (χ1v) is 7.63. The zero-order valence-electron chi connectivity index (χ0n) is 12.7. The average Bonchev–Trinajstić information content (AvgIpc) is 2.84. The summed E-state index contributed by atoms with van der Waals surface area (Å²) in [6, 6.07) is 8.60. The fourth-order valence-corrected chi connectivity index (χ4v) is 3.44. The van der Waals surface area contributed by atoms with E-state index in [1.807, 2.05) is 6.07 Å². The van der Waals surface area contributed by atoms with Crippen molar-refractivity contribution in [2.75, 3.05) is 11.9 Å². The van der Waals surface area contributed by atoms with Crippen LogP contribution in [0, 0.1) is 0 Å². The molecule has 21 heavy (non-hydrogen) atoms. The summed E-state index contributed by atoms with van der Waals surface area (Å²) in [6.45, 7) is 0. The third-order valence-corrected chi connectivity index (χ3v) is 4.77. The molecule has 0 bridgehead atoms. The average molecular weight is 286 g/mol. The van der Waals surface area contributed by atoms with Crippen LogP contribution in [-0.2, 0) is 7.05 Å². The van der Waals surface area contributed by atoms with Gasteiger partial charge in [-0.1, -0.05) is 19.3 Å². The molecule has 1 aromatic carbocycles. The van der Waals surface area contributed by atoms with E-state index in [9.17, 15) is 9.90 Å². The second kappa shape index (κ2) is 5.43. The summed E-state index contributed by atoms with van der Waals surface area (Å²) in [4.78, 5) is 13.6. The number of rotatable bonds is 3. The first-order chi connectivity index (χ1) is 10.1. The molecule has 0 amide bonds. The standard InChI is InChI=1S/C17H22N2O2/c1-18(13-6-4-3-5-7-13)14-8-9-15-12(10-14)11-16(17(20)21)19(15)2/h8-11,13H,3-7H2,1-2H3,(H,20,21). The van der Waals surface area contributed by atoms with Gasteiger partial charge in [0.2, 0.25) is 0 Å². The zero-order valence-corrected chi connectivity index (χ0v) is 12.7. The lowest BCUT2D eigenvalue weighted by Gasteiger charge is -2.33. The van der Waals surface area contributed by atoms with Gasteiger partial charge in [-0.25, -0.2) is 4.79 Å².